The van der Waals surface area contributed by atoms with Gasteiger partial charge in [-0.3, -0.25) is 4.79 Å². The summed E-state index contributed by atoms with van der Waals surface area (Å²) >= 11 is 0. The lowest BCUT2D eigenvalue weighted by atomic mass is 10.2. The molecule has 0 unspecified atom stereocenters. The van der Waals surface area contributed by atoms with Crippen molar-refractivity contribution >= 4 is 6.29 Å². The average Bonchev–Trinajstić information content (AvgIpc) is 2.37. The molecule has 0 spiro atoms. The predicted molar refractivity (Wildman–Crippen MR) is 66.5 cm³/mol. The fraction of sp³-hybridized carbons (Fsp3) is 0.357. The number of hydrogen-bond donors (Lipinski definition) is 1. The number of aliphatic hydroxyl groups excluding tert-OH is 1. The van der Waals surface area contributed by atoms with E-state index < -0.39 is 6.10 Å². The highest BCUT2D eigenvalue weighted by Crippen LogP contribution is 2.03. The Hall–Kier alpha value is -1.45. The van der Waals surface area contributed by atoms with Gasteiger partial charge in [0.05, 0.1) is 19.3 Å². The zero-order chi connectivity index (χ0) is 12.5. The number of aliphatic hydroxyl groups is 1. The van der Waals surface area contributed by atoms with Crippen LogP contribution in [-0.2, 0) is 16.1 Å². The van der Waals surface area contributed by atoms with E-state index in [4.69, 9.17) is 4.74 Å². The van der Waals surface area contributed by atoms with Crippen molar-refractivity contribution < 1.29 is 14.6 Å². The molecule has 17 heavy (non-hydrogen) atoms. The smallest absolute Gasteiger partial charge is 0.145 e. The SMILES string of the molecule is C/C(C=O)=C\C[C@@H](O)COCc1ccccc1. The summed E-state index contributed by atoms with van der Waals surface area (Å²) in [4.78, 5) is 10.3. The molecule has 0 heterocycles. The summed E-state index contributed by atoms with van der Waals surface area (Å²) in [5, 5.41) is 9.59. The molecule has 0 radical (unpaired) electrons. The van der Waals surface area contributed by atoms with Crippen molar-refractivity contribution in [1.29, 1.82) is 0 Å². The van der Waals surface area contributed by atoms with Crippen LogP contribution in [0, 0.1) is 0 Å². The predicted octanol–water partition coefficient (Wildman–Crippen LogP) is 2.10. The number of rotatable bonds is 7. The molecular weight excluding hydrogens is 216 g/mol. The second-order valence-electron chi connectivity index (χ2n) is 3.96. The van der Waals surface area contributed by atoms with Crippen LogP contribution < -0.4 is 0 Å². The summed E-state index contributed by atoms with van der Waals surface area (Å²) in [7, 11) is 0. The number of aldehydes is 1. The quantitative estimate of drug-likeness (QED) is 0.580. The highest BCUT2D eigenvalue weighted by atomic mass is 16.5. The first-order chi connectivity index (χ1) is 8.22. The van der Waals surface area contributed by atoms with E-state index in [1.807, 2.05) is 30.3 Å². The topological polar surface area (TPSA) is 46.5 Å². The molecule has 1 aromatic rings. The molecular formula is C14H18O3. The van der Waals surface area contributed by atoms with Crippen molar-refractivity contribution in [2.24, 2.45) is 0 Å². The van der Waals surface area contributed by atoms with Crippen LogP contribution in [0.5, 0.6) is 0 Å². The molecule has 0 saturated carbocycles. The summed E-state index contributed by atoms with van der Waals surface area (Å²) in [5.41, 5.74) is 1.71. The third-order valence-electron chi connectivity index (χ3n) is 2.32. The molecule has 1 N–H and O–H groups in total. The molecule has 3 nitrogen and oxygen atoms in total. The van der Waals surface area contributed by atoms with E-state index in [-0.39, 0.29) is 6.61 Å². The lowest BCUT2D eigenvalue weighted by Gasteiger charge is -2.09. The molecule has 0 aromatic heterocycles. The van der Waals surface area contributed by atoms with Gasteiger partial charge < -0.3 is 9.84 Å². The second-order valence-corrected chi connectivity index (χ2v) is 3.96. The van der Waals surface area contributed by atoms with Gasteiger partial charge in [-0.05, 0) is 24.5 Å². The largest absolute Gasteiger partial charge is 0.390 e. The van der Waals surface area contributed by atoms with E-state index >= 15 is 0 Å². The first kappa shape index (κ1) is 13.6. The molecule has 92 valence electrons. The molecule has 0 bridgehead atoms. The van der Waals surface area contributed by atoms with Crippen molar-refractivity contribution in [1.82, 2.24) is 0 Å². The molecule has 0 aliphatic carbocycles. The van der Waals surface area contributed by atoms with E-state index in [9.17, 15) is 9.90 Å². The van der Waals surface area contributed by atoms with Gasteiger partial charge in [0.1, 0.15) is 6.29 Å². The summed E-state index contributed by atoms with van der Waals surface area (Å²) in [6.07, 6.45) is 2.37. The normalized spacial score (nSPS) is 13.4. The minimum atomic E-state index is -0.561. The number of ether oxygens (including phenoxy) is 1. The van der Waals surface area contributed by atoms with Crippen LogP contribution in [0.4, 0.5) is 0 Å². The second kappa shape index (κ2) is 7.76. The Morgan fingerprint density at radius 3 is 2.76 bits per heavy atom. The summed E-state index contributed by atoms with van der Waals surface area (Å²) in [6.45, 7) is 2.48. The van der Waals surface area contributed by atoms with Crippen LogP contribution in [0.15, 0.2) is 42.0 Å². The number of carbonyl (C=O) groups excluding carboxylic acids is 1. The average molecular weight is 234 g/mol. The van der Waals surface area contributed by atoms with Crippen LogP contribution in [0.3, 0.4) is 0 Å². The first-order valence-corrected chi connectivity index (χ1v) is 5.64. The Balaban J connectivity index is 2.20. The zero-order valence-electron chi connectivity index (χ0n) is 10.0. The Morgan fingerprint density at radius 2 is 2.12 bits per heavy atom. The highest BCUT2D eigenvalue weighted by molar-refractivity contribution is 5.71. The first-order valence-electron chi connectivity index (χ1n) is 5.64. The van der Waals surface area contributed by atoms with Gasteiger partial charge in [0.25, 0.3) is 0 Å². The minimum absolute atomic E-state index is 0.275. The van der Waals surface area contributed by atoms with Crippen LogP contribution in [-0.4, -0.2) is 24.1 Å². The number of benzene rings is 1. The van der Waals surface area contributed by atoms with E-state index in [1.165, 1.54) is 0 Å². The monoisotopic (exact) mass is 234 g/mol. The fourth-order valence-corrected chi connectivity index (χ4v) is 1.33. The molecule has 1 rings (SSSR count). The van der Waals surface area contributed by atoms with Crippen molar-refractivity contribution in [3.63, 3.8) is 0 Å². The van der Waals surface area contributed by atoms with Crippen molar-refractivity contribution in [3.8, 4) is 0 Å². The van der Waals surface area contributed by atoms with Crippen molar-refractivity contribution in [2.45, 2.75) is 26.1 Å². The Bertz CT molecular complexity index is 357. The standard InChI is InChI=1S/C14H18O3/c1-12(9-15)7-8-14(16)11-17-10-13-5-3-2-4-6-13/h2-7,9,14,16H,8,10-11H2,1H3/b12-7+/t14-/m1/s1. The van der Waals surface area contributed by atoms with Gasteiger partial charge in [0, 0.05) is 0 Å². The molecule has 0 aliphatic heterocycles. The fourth-order valence-electron chi connectivity index (χ4n) is 1.33. The molecule has 0 saturated heterocycles. The molecule has 0 fully saturated rings. The van der Waals surface area contributed by atoms with Crippen molar-refractivity contribution in [3.05, 3.63) is 47.5 Å². The van der Waals surface area contributed by atoms with Crippen LogP contribution >= 0.6 is 0 Å². The number of hydrogen-bond acceptors (Lipinski definition) is 3. The molecule has 0 aliphatic rings. The Morgan fingerprint density at radius 1 is 1.41 bits per heavy atom. The van der Waals surface area contributed by atoms with E-state index in [2.05, 4.69) is 0 Å². The van der Waals surface area contributed by atoms with Gasteiger partial charge in [0.2, 0.25) is 0 Å². The lowest BCUT2D eigenvalue weighted by molar-refractivity contribution is -0.104. The summed E-state index contributed by atoms with van der Waals surface area (Å²) in [6, 6.07) is 9.80. The van der Waals surface area contributed by atoms with Gasteiger partial charge in [-0.15, -0.1) is 0 Å². The van der Waals surface area contributed by atoms with Gasteiger partial charge >= 0.3 is 0 Å². The Kier molecular flexibility index (Phi) is 6.22. The third kappa shape index (κ3) is 6.00. The molecule has 1 aromatic carbocycles. The van der Waals surface area contributed by atoms with Crippen LogP contribution in [0.1, 0.15) is 18.9 Å². The Labute approximate surface area is 102 Å². The van der Waals surface area contributed by atoms with Gasteiger partial charge in [-0.2, -0.15) is 0 Å². The highest BCUT2D eigenvalue weighted by Gasteiger charge is 2.02. The van der Waals surface area contributed by atoms with E-state index in [1.54, 1.807) is 13.0 Å². The lowest BCUT2D eigenvalue weighted by Crippen LogP contribution is -2.14. The zero-order valence-corrected chi connectivity index (χ0v) is 10.0. The number of carbonyl (C=O) groups is 1. The molecule has 1 atom stereocenters. The summed E-state index contributed by atoms with van der Waals surface area (Å²) in [5.74, 6) is 0. The maximum atomic E-state index is 10.3. The maximum Gasteiger partial charge on any atom is 0.145 e. The van der Waals surface area contributed by atoms with E-state index in [0.29, 0.717) is 18.6 Å². The van der Waals surface area contributed by atoms with Crippen LogP contribution in [0.2, 0.25) is 0 Å². The van der Waals surface area contributed by atoms with Gasteiger partial charge in [-0.1, -0.05) is 36.4 Å². The molecule has 3 heteroatoms. The maximum absolute atomic E-state index is 10.3. The minimum Gasteiger partial charge on any atom is -0.390 e. The third-order valence-corrected chi connectivity index (χ3v) is 2.32. The van der Waals surface area contributed by atoms with Crippen LogP contribution in [0.25, 0.3) is 0 Å². The van der Waals surface area contributed by atoms with Gasteiger partial charge in [-0.25, -0.2) is 0 Å². The molecule has 0 amide bonds. The number of allylic oxidation sites excluding steroid dienone is 1. The summed E-state index contributed by atoms with van der Waals surface area (Å²) < 4.78 is 5.38. The van der Waals surface area contributed by atoms with Crippen molar-refractivity contribution in [2.75, 3.05) is 6.61 Å². The van der Waals surface area contributed by atoms with E-state index in [0.717, 1.165) is 11.8 Å². The van der Waals surface area contributed by atoms with Gasteiger partial charge in [0.15, 0.2) is 0 Å².